The topological polar surface area (TPSA) is 47.9 Å². The molecule has 1 aliphatic rings. The molecule has 5 aromatic rings. The average molecular weight is 882 g/mol. The van der Waals surface area contributed by atoms with Gasteiger partial charge in [0.15, 0.2) is 0 Å². The Bertz CT molecular complexity index is 1920. The maximum atomic E-state index is 7.00. The third kappa shape index (κ3) is 19.8. The minimum atomic E-state index is -0.233. The molecule has 3 atom stereocenters. The van der Waals surface area contributed by atoms with E-state index < -0.39 is 0 Å². The molecule has 0 radical (unpaired) electrons. The van der Waals surface area contributed by atoms with Gasteiger partial charge >= 0.3 is 51.4 Å². The van der Waals surface area contributed by atoms with Crippen LogP contribution in [0.5, 0.6) is 0 Å². The van der Waals surface area contributed by atoms with Crippen LogP contribution in [0.1, 0.15) is 146 Å². The number of hydrogen-bond donors (Lipinski definition) is 1. The van der Waals surface area contributed by atoms with Crippen molar-refractivity contribution in [3.05, 3.63) is 185 Å². The molecule has 1 fully saturated rings. The van der Waals surface area contributed by atoms with Crippen molar-refractivity contribution in [3.8, 4) is 0 Å². The van der Waals surface area contributed by atoms with Gasteiger partial charge in [0.05, 0.1) is 11.2 Å². The Hall–Kier alpha value is -2.68. The minimum Gasteiger partial charge on any atom is -0.400 e. The van der Waals surface area contributed by atoms with Crippen LogP contribution in [0.25, 0.3) is 6.08 Å². The van der Waals surface area contributed by atoms with Gasteiger partial charge in [-0.2, -0.15) is 0 Å². The van der Waals surface area contributed by atoms with Crippen molar-refractivity contribution in [2.75, 3.05) is 34.5 Å². The molecule has 1 aliphatic heterocycles. The predicted octanol–water partition coefficient (Wildman–Crippen LogP) is 12.0. The van der Waals surface area contributed by atoms with Crippen LogP contribution in [0.2, 0.25) is 0 Å². The van der Waals surface area contributed by atoms with Crippen LogP contribution in [0, 0.1) is 0 Å². The normalized spacial score (nSPS) is 14.4. The molecule has 338 valence electrons. The van der Waals surface area contributed by atoms with E-state index in [1.807, 2.05) is 18.2 Å². The first-order valence-electron chi connectivity index (χ1n) is 22.8. The quantitative estimate of drug-likeness (QED) is 0.106. The molecule has 5 aromatic carbocycles. The molecule has 63 heavy (non-hydrogen) atoms. The Balaban J connectivity index is 0.000000446. The summed E-state index contributed by atoms with van der Waals surface area (Å²) in [7, 11) is 4.50. The van der Waals surface area contributed by atoms with Crippen LogP contribution in [0.4, 0.5) is 0 Å². The van der Waals surface area contributed by atoms with Crippen LogP contribution >= 0.6 is 0 Å². The second-order valence-corrected chi connectivity index (χ2v) is 17.9. The van der Waals surface area contributed by atoms with E-state index in [4.69, 9.17) is 19.3 Å². The van der Waals surface area contributed by atoms with Crippen LogP contribution in [0.15, 0.2) is 146 Å². The van der Waals surface area contributed by atoms with Crippen LogP contribution in [-0.2, 0) is 42.7 Å². The van der Waals surface area contributed by atoms with Crippen LogP contribution in [0.3, 0.4) is 0 Å². The SMILES string of the molecule is C1CCOC1.C=Cc1cccc(C(C)(C)OC)c1.CCC(C)(CC(C)c1ccccc1)c1ccccc1.CCC(C)(CCc1cccc(C(C)(C)OC)c1)c1ccccc1.CO.[K+]. The summed E-state index contributed by atoms with van der Waals surface area (Å²) in [6, 6.07) is 49.7. The first-order valence-corrected chi connectivity index (χ1v) is 22.8. The molecule has 0 aromatic heterocycles. The molecule has 1 N–H and O–H groups in total. The molecule has 6 rings (SSSR count). The number of ether oxygens (including phenoxy) is 3. The van der Waals surface area contributed by atoms with Crippen molar-refractivity contribution in [3.63, 3.8) is 0 Å². The van der Waals surface area contributed by atoms with E-state index >= 15 is 0 Å². The number of hydrogen-bond acceptors (Lipinski definition) is 4. The van der Waals surface area contributed by atoms with Crippen LogP contribution < -0.4 is 51.4 Å². The van der Waals surface area contributed by atoms with Gasteiger partial charge in [-0.05, 0) is 134 Å². The fourth-order valence-electron chi connectivity index (χ4n) is 7.56. The van der Waals surface area contributed by atoms with Crippen molar-refractivity contribution < 1.29 is 70.7 Å². The van der Waals surface area contributed by atoms with Gasteiger partial charge in [0, 0.05) is 34.5 Å². The molecule has 1 heterocycles. The number of rotatable bonds is 15. The maximum Gasteiger partial charge on any atom is 1.00 e. The molecule has 0 bridgehead atoms. The van der Waals surface area contributed by atoms with E-state index in [0.717, 1.165) is 45.1 Å². The molecule has 3 unspecified atom stereocenters. The molecule has 1 saturated heterocycles. The van der Waals surface area contributed by atoms with E-state index in [-0.39, 0.29) is 73.4 Å². The first kappa shape index (κ1) is 58.3. The number of aliphatic hydroxyl groups is 1. The monoisotopic (exact) mass is 882 g/mol. The summed E-state index contributed by atoms with van der Waals surface area (Å²) in [5.41, 5.74) is 9.32. The summed E-state index contributed by atoms with van der Waals surface area (Å²) in [5.74, 6) is 0.589. The second-order valence-electron chi connectivity index (χ2n) is 17.9. The van der Waals surface area contributed by atoms with Crippen molar-refractivity contribution in [1.29, 1.82) is 0 Å². The molecule has 4 nitrogen and oxygen atoms in total. The average Bonchev–Trinajstić information content (AvgIpc) is 3.94. The molecule has 5 heteroatoms. The summed E-state index contributed by atoms with van der Waals surface area (Å²) in [4.78, 5) is 0. The first-order chi connectivity index (χ1) is 29.7. The summed E-state index contributed by atoms with van der Waals surface area (Å²) in [6.45, 7) is 25.8. The minimum absolute atomic E-state index is 0. The van der Waals surface area contributed by atoms with E-state index in [1.165, 1.54) is 59.1 Å². The second kappa shape index (κ2) is 30.5. The molecular weight excluding hydrogens is 800 g/mol. The predicted molar refractivity (Wildman–Crippen MR) is 267 cm³/mol. The number of benzene rings is 5. The Labute approximate surface area is 427 Å². The summed E-state index contributed by atoms with van der Waals surface area (Å²) in [5, 5.41) is 7.00. The molecule has 0 saturated carbocycles. The zero-order valence-electron chi connectivity index (χ0n) is 41.7. The third-order valence-electron chi connectivity index (χ3n) is 12.9. The van der Waals surface area contributed by atoms with E-state index in [1.54, 1.807) is 14.2 Å². The van der Waals surface area contributed by atoms with Gasteiger partial charge in [-0.15, -0.1) is 0 Å². The molecule has 0 spiro atoms. The van der Waals surface area contributed by atoms with Crippen molar-refractivity contribution >= 4 is 6.08 Å². The fourth-order valence-corrected chi connectivity index (χ4v) is 7.56. The van der Waals surface area contributed by atoms with E-state index in [9.17, 15) is 0 Å². The van der Waals surface area contributed by atoms with Gasteiger partial charge in [0.1, 0.15) is 0 Å². The van der Waals surface area contributed by atoms with Gasteiger partial charge in [0.2, 0.25) is 0 Å². The number of methoxy groups -OCH3 is 2. The zero-order chi connectivity index (χ0) is 46.1. The third-order valence-corrected chi connectivity index (χ3v) is 12.9. The Morgan fingerprint density at radius 1 is 0.603 bits per heavy atom. The van der Waals surface area contributed by atoms with Gasteiger partial charge in [-0.3, -0.25) is 0 Å². The molecule has 0 aliphatic carbocycles. The molecular formula is C58H82KO4+. The van der Waals surface area contributed by atoms with Gasteiger partial charge in [0.25, 0.3) is 0 Å². The van der Waals surface area contributed by atoms with Gasteiger partial charge in [-0.25, -0.2) is 0 Å². The van der Waals surface area contributed by atoms with E-state index in [2.05, 4.69) is 196 Å². The standard InChI is InChI=1S/C22H30O.C19H24.C12H16O.C4H8O.CH4O.K/c1-6-22(4,19-12-8-7-9-13-19)16-15-18-11-10-14-20(17-18)21(2,3)23-5;1-4-19(3,18-13-9-6-10-14-18)15-16(2)17-11-7-5-8-12-17;1-5-10-7-6-8-11(9-10)12(2,3)13-4;1-2-4-5-3-1;1-2;/h7-14,17H,6,15-16H2,1-5H3;5-14,16H,4,15H2,1-3H3;5-9H,1H2,2-4H3;1-4H2;2H,1H3;/q;;;;;+1. The number of aliphatic hydroxyl groups excluding tert-OH is 1. The van der Waals surface area contributed by atoms with Crippen molar-refractivity contribution in [2.24, 2.45) is 0 Å². The Morgan fingerprint density at radius 3 is 1.46 bits per heavy atom. The van der Waals surface area contributed by atoms with Crippen molar-refractivity contribution in [2.45, 2.75) is 135 Å². The maximum absolute atomic E-state index is 7.00. The van der Waals surface area contributed by atoms with E-state index in [0.29, 0.717) is 5.92 Å². The Kier molecular flexibility index (Phi) is 28.2. The smallest absolute Gasteiger partial charge is 0.400 e. The summed E-state index contributed by atoms with van der Waals surface area (Å²) >= 11 is 0. The number of aryl methyl sites for hydroxylation is 1. The fraction of sp³-hybridized carbons (Fsp3) is 0.448. The summed E-state index contributed by atoms with van der Waals surface area (Å²) in [6.07, 6.45) is 10.2. The van der Waals surface area contributed by atoms with Crippen LogP contribution in [-0.4, -0.2) is 39.6 Å². The van der Waals surface area contributed by atoms with Crippen molar-refractivity contribution in [1.82, 2.24) is 0 Å². The Morgan fingerprint density at radius 2 is 1.03 bits per heavy atom. The van der Waals surface area contributed by atoms with Gasteiger partial charge < -0.3 is 19.3 Å². The van der Waals surface area contributed by atoms with Gasteiger partial charge in [-0.1, -0.05) is 181 Å². The largest absolute Gasteiger partial charge is 1.00 e. The summed E-state index contributed by atoms with van der Waals surface area (Å²) < 4.78 is 15.9. The zero-order valence-corrected chi connectivity index (χ0v) is 44.8. The molecule has 0 amide bonds.